The van der Waals surface area contributed by atoms with E-state index in [9.17, 15) is 9.59 Å². The summed E-state index contributed by atoms with van der Waals surface area (Å²) in [6.07, 6.45) is 2.45. The average Bonchev–Trinajstić information content (AvgIpc) is 3.34. The van der Waals surface area contributed by atoms with Crippen molar-refractivity contribution in [1.29, 1.82) is 0 Å². The summed E-state index contributed by atoms with van der Waals surface area (Å²) in [4.78, 5) is 29.1. The lowest BCUT2D eigenvalue weighted by molar-refractivity contribution is 0.104. The standard InChI is InChI=1S/C23H22N2O3/c1-28-15-8-9-16-18(14-15)22(26)20-17-6-2-3-7-19(17)25(23(27)21(16)20)13-12-24-10-4-5-11-24/h2-3,6-9,14H,4-5,10-13H2,1H3. The molecule has 1 aliphatic carbocycles. The highest BCUT2D eigenvalue weighted by atomic mass is 16.5. The summed E-state index contributed by atoms with van der Waals surface area (Å²) in [5, 5.41) is 0.846. The molecule has 5 rings (SSSR count). The summed E-state index contributed by atoms with van der Waals surface area (Å²) in [5.41, 5.74) is 3.08. The lowest BCUT2D eigenvalue weighted by Crippen LogP contribution is -2.30. The molecular formula is C23H22N2O3. The van der Waals surface area contributed by atoms with Crippen molar-refractivity contribution in [3.63, 3.8) is 0 Å². The van der Waals surface area contributed by atoms with Gasteiger partial charge in [-0.2, -0.15) is 0 Å². The lowest BCUT2D eigenvalue weighted by Gasteiger charge is -2.18. The second-order valence-corrected chi connectivity index (χ2v) is 7.51. The molecule has 3 aromatic rings. The van der Waals surface area contributed by atoms with Crippen molar-refractivity contribution in [2.24, 2.45) is 0 Å². The number of ether oxygens (including phenoxy) is 1. The maximum absolute atomic E-state index is 13.5. The second kappa shape index (κ2) is 6.60. The third-order valence-corrected chi connectivity index (χ3v) is 5.98. The smallest absolute Gasteiger partial charge is 0.259 e. The van der Waals surface area contributed by atoms with Crippen LogP contribution in [0.1, 0.15) is 28.8 Å². The zero-order chi connectivity index (χ0) is 19.3. The van der Waals surface area contributed by atoms with E-state index in [0.29, 0.717) is 34.5 Å². The number of carbonyl (C=O) groups excluding carboxylic acids is 1. The van der Waals surface area contributed by atoms with Crippen LogP contribution in [0.2, 0.25) is 0 Å². The van der Waals surface area contributed by atoms with E-state index in [1.807, 2.05) is 41.0 Å². The van der Waals surface area contributed by atoms with Gasteiger partial charge in [0.25, 0.3) is 5.56 Å². The van der Waals surface area contributed by atoms with Crippen LogP contribution in [-0.2, 0) is 6.54 Å². The number of ketones is 1. The lowest BCUT2D eigenvalue weighted by atomic mass is 10.0. The van der Waals surface area contributed by atoms with Crippen molar-refractivity contribution < 1.29 is 9.53 Å². The number of aromatic nitrogens is 1. The van der Waals surface area contributed by atoms with Crippen LogP contribution in [0.5, 0.6) is 5.75 Å². The fraction of sp³-hybridized carbons (Fsp3) is 0.304. The van der Waals surface area contributed by atoms with E-state index in [4.69, 9.17) is 4.74 Å². The number of hydrogen-bond donors (Lipinski definition) is 0. The molecule has 2 aromatic carbocycles. The van der Waals surface area contributed by atoms with Crippen molar-refractivity contribution in [2.75, 3.05) is 26.7 Å². The van der Waals surface area contributed by atoms with Gasteiger partial charge in [0.2, 0.25) is 0 Å². The Balaban J connectivity index is 1.71. The van der Waals surface area contributed by atoms with Gasteiger partial charge in [0, 0.05) is 29.6 Å². The Morgan fingerprint density at radius 1 is 0.929 bits per heavy atom. The minimum absolute atomic E-state index is 0.0786. The molecule has 5 nitrogen and oxygen atoms in total. The molecular weight excluding hydrogens is 352 g/mol. The first kappa shape index (κ1) is 17.2. The van der Waals surface area contributed by atoms with Crippen LogP contribution in [0.4, 0.5) is 0 Å². The van der Waals surface area contributed by atoms with Crippen LogP contribution < -0.4 is 10.3 Å². The van der Waals surface area contributed by atoms with Gasteiger partial charge in [-0.25, -0.2) is 0 Å². The number of carbonyl (C=O) groups is 1. The Bertz CT molecular complexity index is 1160. The zero-order valence-corrected chi connectivity index (χ0v) is 15.9. The van der Waals surface area contributed by atoms with E-state index in [1.165, 1.54) is 12.8 Å². The molecule has 1 fully saturated rings. The van der Waals surface area contributed by atoms with Crippen molar-refractivity contribution in [2.45, 2.75) is 19.4 Å². The molecule has 142 valence electrons. The summed E-state index contributed by atoms with van der Waals surface area (Å²) in [6, 6.07) is 13.1. The Kier molecular flexibility index (Phi) is 4.05. The van der Waals surface area contributed by atoms with Crippen molar-refractivity contribution in [1.82, 2.24) is 9.47 Å². The number of rotatable bonds is 4. The molecule has 1 aromatic heterocycles. The van der Waals surface area contributed by atoms with E-state index in [2.05, 4.69) is 4.90 Å². The van der Waals surface area contributed by atoms with Gasteiger partial charge in [0.1, 0.15) is 5.75 Å². The Labute approximate surface area is 163 Å². The number of fused-ring (bicyclic) bond motifs is 5. The number of nitrogens with zero attached hydrogens (tertiary/aromatic N) is 2. The fourth-order valence-corrected chi connectivity index (χ4v) is 4.55. The van der Waals surface area contributed by atoms with E-state index in [1.54, 1.807) is 13.2 Å². The van der Waals surface area contributed by atoms with Crippen molar-refractivity contribution in [3.05, 3.63) is 63.9 Å². The maximum atomic E-state index is 13.5. The zero-order valence-electron chi connectivity index (χ0n) is 15.9. The molecule has 2 aliphatic rings. The van der Waals surface area contributed by atoms with Crippen LogP contribution in [-0.4, -0.2) is 42.0 Å². The van der Waals surface area contributed by atoms with Crippen LogP contribution >= 0.6 is 0 Å². The molecule has 0 N–H and O–H groups in total. The second-order valence-electron chi connectivity index (χ2n) is 7.51. The molecule has 0 amide bonds. The van der Waals surface area contributed by atoms with E-state index in [0.717, 1.165) is 30.5 Å². The average molecular weight is 374 g/mol. The third kappa shape index (κ3) is 2.50. The predicted molar refractivity (Wildman–Crippen MR) is 109 cm³/mol. The van der Waals surface area contributed by atoms with Crippen molar-refractivity contribution >= 4 is 16.7 Å². The molecule has 0 radical (unpaired) electrons. The van der Waals surface area contributed by atoms with E-state index < -0.39 is 0 Å². The SMILES string of the molecule is COc1ccc2c(c1)C(=O)c1c-2c(=O)n(CCN2CCCC2)c2ccccc12. The number of benzene rings is 2. The van der Waals surface area contributed by atoms with Gasteiger partial charge < -0.3 is 14.2 Å². The molecule has 0 unspecified atom stereocenters. The van der Waals surface area contributed by atoms with Gasteiger partial charge in [0.05, 0.1) is 18.2 Å². The van der Waals surface area contributed by atoms with Gasteiger partial charge in [-0.3, -0.25) is 9.59 Å². The normalized spacial score (nSPS) is 15.8. The first-order valence-electron chi connectivity index (χ1n) is 9.80. The Morgan fingerprint density at radius 3 is 2.50 bits per heavy atom. The molecule has 0 saturated carbocycles. The molecule has 0 bridgehead atoms. The number of hydrogen-bond acceptors (Lipinski definition) is 4. The van der Waals surface area contributed by atoms with Crippen LogP contribution in [0, 0.1) is 0 Å². The number of para-hydroxylation sites is 1. The Hall–Kier alpha value is -2.92. The third-order valence-electron chi connectivity index (χ3n) is 5.98. The van der Waals surface area contributed by atoms with Gasteiger partial charge >= 0.3 is 0 Å². The van der Waals surface area contributed by atoms with Crippen molar-refractivity contribution in [3.8, 4) is 16.9 Å². The highest BCUT2D eigenvalue weighted by molar-refractivity contribution is 6.27. The minimum atomic E-state index is -0.0936. The molecule has 1 saturated heterocycles. The van der Waals surface area contributed by atoms with Gasteiger partial charge in [0.15, 0.2) is 5.78 Å². The highest BCUT2D eigenvalue weighted by Gasteiger charge is 2.33. The van der Waals surface area contributed by atoms with Crippen LogP contribution in [0.25, 0.3) is 22.0 Å². The fourth-order valence-electron chi connectivity index (χ4n) is 4.55. The molecule has 28 heavy (non-hydrogen) atoms. The number of pyridine rings is 1. The number of likely N-dealkylation sites (tertiary alicyclic amines) is 1. The summed E-state index contributed by atoms with van der Waals surface area (Å²) in [6.45, 7) is 3.68. The molecule has 0 spiro atoms. The summed E-state index contributed by atoms with van der Waals surface area (Å²) >= 11 is 0. The molecule has 2 heterocycles. The monoisotopic (exact) mass is 374 g/mol. The maximum Gasteiger partial charge on any atom is 0.259 e. The number of methoxy groups -OCH3 is 1. The summed E-state index contributed by atoms with van der Waals surface area (Å²) in [7, 11) is 1.58. The molecule has 0 atom stereocenters. The van der Waals surface area contributed by atoms with Gasteiger partial charge in [-0.1, -0.05) is 18.2 Å². The quantitative estimate of drug-likeness (QED) is 0.550. The largest absolute Gasteiger partial charge is 0.497 e. The summed E-state index contributed by atoms with van der Waals surface area (Å²) < 4.78 is 7.13. The van der Waals surface area contributed by atoms with Gasteiger partial charge in [-0.05, 0) is 55.8 Å². The molecule has 5 heteroatoms. The van der Waals surface area contributed by atoms with E-state index in [-0.39, 0.29) is 11.3 Å². The predicted octanol–water partition coefficient (Wildman–Crippen LogP) is 3.32. The summed E-state index contributed by atoms with van der Waals surface area (Å²) in [5.74, 6) is 0.530. The van der Waals surface area contributed by atoms with E-state index >= 15 is 0 Å². The highest BCUT2D eigenvalue weighted by Crippen LogP contribution is 2.39. The first-order valence-corrected chi connectivity index (χ1v) is 9.80. The minimum Gasteiger partial charge on any atom is -0.497 e. The van der Waals surface area contributed by atoms with Gasteiger partial charge in [-0.15, -0.1) is 0 Å². The molecule has 1 aliphatic heterocycles. The van der Waals surface area contributed by atoms with Crippen LogP contribution in [0.15, 0.2) is 47.3 Å². The Morgan fingerprint density at radius 2 is 1.71 bits per heavy atom. The topological polar surface area (TPSA) is 51.5 Å². The van der Waals surface area contributed by atoms with Crippen LogP contribution in [0.3, 0.4) is 0 Å². The first-order chi connectivity index (χ1) is 13.7.